The SMILES string of the molecule is COCCn1c(C)c(C)c2cc(C(=O)NC(C)CO)ccc21. The predicted octanol–water partition coefficient (Wildman–Crippen LogP) is 2.02. The maximum atomic E-state index is 12.2. The van der Waals surface area contributed by atoms with E-state index < -0.39 is 0 Å². The molecular formula is C17H24N2O3. The van der Waals surface area contributed by atoms with Gasteiger partial charge in [0.25, 0.3) is 5.91 Å². The number of aliphatic hydroxyl groups excluding tert-OH is 1. The summed E-state index contributed by atoms with van der Waals surface area (Å²) >= 11 is 0. The van der Waals surface area contributed by atoms with E-state index in [-0.39, 0.29) is 18.6 Å². The Morgan fingerprint density at radius 3 is 2.77 bits per heavy atom. The summed E-state index contributed by atoms with van der Waals surface area (Å²) in [5, 5.41) is 12.9. The van der Waals surface area contributed by atoms with Gasteiger partial charge in [0.2, 0.25) is 0 Å². The second kappa shape index (κ2) is 6.94. The van der Waals surface area contributed by atoms with Gasteiger partial charge in [-0.1, -0.05) is 0 Å². The molecule has 0 aliphatic carbocycles. The zero-order valence-electron chi connectivity index (χ0n) is 13.6. The summed E-state index contributed by atoms with van der Waals surface area (Å²) in [6.07, 6.45) is 0. The number of rotatable bonds is 6. The minimum atomic E-state index is -0.252. The van der Waals surface area contributed by atoms with Crippen LogP contribution in [0.1, 0.15) is 28.5 Å². The van der Waals surface area contributed by atoms with Crippen molar-refractivity contribution in [3.8, 4) is 0 Å². The van der Waals surface area contributed by atoms with Crippen LogP contribution in [0.4, 0.5) is 0 Å². The quantitative estimate of drug-likeness (QED) is 0.858. The minimum Gasteiger partial charge on any atom is -0.394 e. The van der Waals surface area contributed by atoms with Crippen molar-refractivity contribution in [3.63, 3.8) is 0 Å². The molecule has 0 aliphatic heterocycles. The summed E-state index contributed by atoms with van der Waals surface area (Å²) < 4.78 is 7.38. The maximum absolute atomic E-state index is 12.2. The van der Waals surface area contributed by atoms with Crippen molar-refractivity contribution in [2.24, 2.45) is 0 Å². The fourth-order valence-electron chi connectivity index (χ4n) is 2.61. The molecule has 0 radical (unpaired) electrons. The van der Waals surface area contributed by atoms with E-state index in [1.54, 1.807) is 14.0 Å². The number of aliphatic hydroxyl groups is 1. The Morgan fingerprint density at radius 1 is 1.41 bits per heavy atom. The lowest BCUT2D eigenvalue weighted by atomic mass is 10.1. The lowest BCUT2D eigenvalue weighted by molar-refractivity contribution is 0.0922. The number of carbonyl (C=O) groups is 1. The van der Waals surface area contributed by atoms with Gasteiger partial charge in [0, 0.05) is 41.9 Å². The first-order chi connectivity index (χ1) is 10.5. The van der Waals surface area contributed by atoms with E-state index in [2.05, 4.69) is 23.7 Å². The third kappa shape index (κ3) is 3.15. The number of aryl methyl sites for hydroxylation is 1. The fourth-order valence-corrected chi connectivity index (χ4v) is 2.61. The van der Waals surface area contributed by atoms with Crippen molar-refractivity contribution in [2.45, 2.75) is 33.4 Å². The molecule has 2 N–H and O–H groups in total. The fraction of sp³-hybridized carbons (Fsp3) is 0.471. The molecule has 5 nitrogen and oxygen atoms in total. The molecule has 0 bridgehead atoms. The highest BCUT2D eigenvalue weighted by Gasteiger charge is 2.14. The number of methoxy groups -OCH3 is 1. The van der Waals surface area contributed by atoms with E-state index in [9.17, 15) is 4.79 Å². The van der Waals surface area contributed by atoms with E-state index in [0.29, 0.717) is 12.2 Å². The summed E-state index contributed by atoms with van der Waals surface area (Å²) in [5.74, 6) is -0.162. The third-order valence-corrected chi connectivity index (χ3v) is 4.07. The maximum Gasteiger partial charge on any atom is 0.251 e. The highest BCUT2D eigenvalue weighted by molar-refractivity contribution is 5.99. The van der Waals surface area contributed by atoms with Crippen molar-refractivity contribution >= 4 is 16.8 Å². The summed E-state index contributed by atoms with van der Waals surface area (Å²) in [7, 11) is 1.69. The highest BCUT2D eigenvalue weighted by Crippen LogP contribution is 2.26. The van der Waals surface area contributed by atoms with Gasteiger partial charge in [0.1, 0.15) is 0 Å². The number of carbonyl (C=O) groups excluding carboxylic acids is 1. The Hall–Kier alpha value is -1.85. The molecule has 1 amide bonds. The van der Waals surface area contributed by atoms with Gasteiger partial charge in [-0.05, 0) is 44.5 Å². The molecule has 1 aromatic heterocycles. The number of benzene rings is 1. The number of hydrogen-bond donors (Lipinski definition) is 2. The molecule has 1 heterocycles. The molecule has 5 heteroatoms. The van der Waals surface area contributed by atoms with Crippen LogP contribution in [0.5, 0.6) is 0 Å². The number of fused-ring (bicyclic) bond motifs is 1. The summed E-state index contributed by atoms with van der Waals surface area (Å²) in [4.78, 5) is 12.2. The van der Waals surface area contributed by atoms with Gasteiger partial charge in [-0.25, -0.2) is 0 Å². The van der Waals surface area contributed by atoms with Gasteiger partial charge < -0.3 is 19.7 Å². The Labute approximate surface area is 130 Å². The first-order valence-corrected chi connectivity index (χ1v) is 7.49. The van der Waals surface area contributed by atoms with E-state index in [4.69, 9.17) is 9.84 Å². The van der Waals surface area contributed by atoms with Gasteiger partial charge in [-0.2, -0.15) is 0 Å². The average molecular weight is 304 g/mol. The minimum absolute atomic E-state index is 0.0699. The van der Waals surface area contributed by atoms with Crippen LogP contribution in [0.2, 0.25) is 0 Å². The topological polar surface area (TPSA) is 63.5 Å². The van der Waals surface area contributed by atoms with E-state index >= 15 is 0 Å². The average Bonchev–Trinajstić information content (AvgIpc) is 2.76. The molecule has 0 spiro atoms. The monoisotopic (exact) mass is 304 g/mol. The van der Waals surface area contributed by atoms with Gasteiger partial charge >= 0.3 is 0 Å². The van der Waals surface area contributed by atoms with Crippen molar-refractivity contribution < 1.29 is 14.6 Å². The van der Waals surface area contributed by atoms with Crippen molar-refractivity contribution in [3.05, 3.63) is 35.0 Å². The Bertz CT molecular complexity index is 676. The van der Waals surface area contributed by atoms with Crippen LogP contribution in [0.25, 0.3) is 10.9 Å². The molecule has 1 atom stereocenters. The van der Waals surface area contributed by atoms with E-state index in [0.717, 1.165) is 17.4 Å². The molecule has 0 fully saturated rings. The largest absolute Gasteiger partial charge is 0.394 e. The lowest BCUT2D eigenvalue weighted by Crippen LogP contribution is -2.34. The van der Waals surface area contributed by atoms with Crippen LogP contribution < -0.4 is 5.32 Å². The third-order valence-electron chi connectivity index (χ3n) is 4.07. The van der Waals surface area contributed by atoms with Crippen molar-refractivity contribution in [1.29, 1.82) is 0 Å². The van der Waals surface area contributed by atoms with Gasteiger partial charge in [0.15, 0.2) is 0 Å². The second-order valence-corrected chi connectivity index (χ2v) is 5.64. The molecule has 2 rings (SSSR count). The van der Waals surface area contributed by atoms with Crippen LogP contribution in [-0.4, -0.2) is 41.9 Å². The van der Waals surface area contributed by atoms with Crippen LogP contribution in [0.15, 0.2) is 18.2 Å². The van der Waals surface area contributed by atoms with Gasteiger partial charge in [-0.15, -0.1) is 0 Å². The number of amides is 1. The highest BCUT2D eigenvalue weighted by atomic mass is 16.5. The standard InChI is InChI=1S/C17H24N2O3/c1-11(10-20)18-17(21)14-5-6-16-15(9-14)12(2)13(3)19(16)7-8-22-4/h5-6,9,11,20H,7-8,10H2,1-4H3,(H,18,21). The zero-order valence-corrected chi connectivity index (χ0v) is 13.6. The van der Waals surface area contributed by atoms with Crippen LogP contribution >= 0.6 is 0 Å². The van der Waals surface area contributed by atoms with Crippen LogP contribution in [0.3, 0.4) is 0 Å². The Balaban J connectivity index is 2.39. The molecule has 0 saturated carbocycles. The van der Waals surface area contributed by atoms with Gasteiger partial charge in [-0.3, -0.25) is 4.79 Å². The number of ether oxygens (including phenoxy) is 1. The van der Waals surface area contributed by atoms with Crippen LogP contribution in [-0.2, 0) is 11.3 Å². The first-order valence-electron chi connectivity index (χ1n) is 7.49. The van der Waals surface area contributed by atoms with Crippen molar-refractivity contribution in [1.82, 2.24) is 9.88 Å². The molecule has 120 valence electrons. The smallest absolute Gasteiger partial charge is 0.251 e. The summed E-state index contributed by atoms with van der Waals surface area (Å²) in [5.41, 5.74) is 4.09. The zero-order chi connectivity index (χ0) is 16.3. The Kier molecular flexibility index (Phi) is 5.21. The number of hydrogen-bond acceptors (Lipinski definition) is 3. The number of nitrogens with zero attached hydrogens (tertiary/aromatic N) is 1. The summed E-state index contributed by atoms with van der Waals surface area (Å²) in [6.45, 7) is 7.30. The first kappa shape index (κ1) is 16.5. The lowest BCUT2D eigenvalue weighted by Gasteiger charge is -2.11. The normalized spacial score (nSPS) is 12.6. The molecule has 1 aromatic carbocycles. The molecule has 2 aromatic rings. The molecule has 0 saturated heterocycles. The number of aromatic nitrogens is 1. The van der Waals surface area contributed by atoms with E-state index in [1.807, 2.05) is 18.2 Å². The second-order valence-electron chi connectivity index (χ2n) is 5.64. The molecule has 22 heavy (non-hydrogen) atoms. The summed E-state index contributed by atoms with van der Waals surface area (Å²) in [6, 6.07) is 5.46. The van der Waals surface area contributed by atoms with Crippen LogP contribution in [0, 0.1) is 13.8 Å². The molecular weight excluding hydrogens is 280 g/mol. The van der Waals surface area contributed by atoms with Gasteiger partial charge in [0.05, 0.1) is 13.2 Å². The van der Waals surface area contributed by atoms with E-state index in [1.165, 1.54) is 11.3 Å². The Morgan fingerprint density at radius 2 is 2.14 bits per heavy atom. The predicted molar refractivity (Wildman–Crippen MR) is 87.3 cm³/mol. The number of nitrogens with one attached hydrogen (secondary N) is 1. The molecule has 0 aliphatic rings. The molecule has 1 unspecified atom stereocenters. The van der Waals surface area contributed by atoms with Crippen molar-refractivity contribution in [2.75, 3.05) is 20.3 Å².